The monoisotopic (exact) mass is 257 g/mol. The van der Waals surface area contributed by atoms with Crippen LogP contribution in [0.1, 0.15) is 10.4 Å². The second-order valence-corrected chi connectivity index (χ2v) is 3.86. The topological polar surface area (TPSA) is 64.1 Å². The van der Waals surface area contributed by atoms with Gasteiger partial charge in [-0.1, -0.05) is 6.07 Å². The molecule has 0 fully saturated rings. The Morgan fingerprint density at radius 1 is 1.21 bits per heavy atom. The van der Waals surface area contributed by atoms with Crippen LogP contribution in [-0.4, -0.2) is 36.1 Å². The normalized spacial score (nSPS) is 10.2. The summed E-state index contributed by atoms with van der Waals surface area (Å²) >= 11 is 0. The number of aromatic nitrogens is 2. The van der Waals surface area contributed by atoms with Crippen molar-refractivity contribution < 1.29 is 9.53 Å². The fraction of sp³-hybridized carbons (Fsp3) is 0.214. The molecule has 19 heavy (non-hydrogen) atoms. The van der Waals surface area contributed by atoms with E-state index in [2.05, 4.69) is 15.3 Å². The smallest absolute Gasteiger partial charge is 0.253 e. The molecule has 2 heterocycles. The Kier molecular flexibility index (Phi) is 4.58. The summed E-state index contributed by atoms with van der Waals surface area (Å²) in [6, 6.07) is 8.99. The molecular formula is C14H15N3O2. The van der Waals surface area contributed by atoms with E-state index in [1.54, 1.807) is 31.6 Å². The summed E-state index contributed by atoms with van der Waals surface area (Å²) in [7, 11) is 1.59. The van der Waals surface area contributed by atoms with E-state index in [0.717, 1.165) is 0 Å². The highest BCUT2D eigenvalue weighted by molar-refractivity contribution is 5.99. The minimum atomic E-state index is -0.175. The van der Waals surface area contributed by atoms with E-state index in [4.69, 9.17) is 4.74 Å². The molecular weight excluding hydrogens is 242 g/mol. The number of hydrogen-bond acceptors (Lipinski definition) is 4. The van der Waals surface area contributed by atoms with Crippen molar-refractivity contribution in [2.45, 2.75) is 0 Å². The molecule has 0 unspecified atom stereocenters. The number of amides is 1. The average molecular weight is 257 g/mol. The predicted molar refractivity (Wildman–Crippen MR) is 71.7 cm³/mol. The van der Waals surface area contributed by atoms with Crippen LogP contribution < -0.4 is 5.32 Å². The van der Waals surface area contributed by atoms with Gasteiger partial charge in [0.05, 0.1) is 17.9 Å². The lowest BCUT2D eigenvalue weighted by molar-refractivity contribution is 0.0937. The number of rotatable bonds is 5. The van der Waals surface area contributed by atoms with Gasteiger partial charge in [0.2, 0.25) is 0 Å². The molecule has 2 rings (SSSR count). The highest BCUT2D eigenvalue weighted by Gasteiger charge is 2.13. The number of methoxy groups -OCH3 is 1. The first kappa shape index (κ1) is 13.2. The third-order valence-electron chi connectivity index (χ3n) is 2.55. The van der Waals surface area contributed by atoms with Gasteiger partial charge >= 0.3 is 0 Å². The molecule has 1 N–H and O–H groups in total. The van der Waals surface area contributed by atoms with Crippen LogP contribution in [0.15, 0.2) is 42.7 Å². The number of nitrogens with one attached hydrogen (secondary N) is 1. The van der Waals surface area contributed by atoms with Crippen LogP contribution in [0.3, 0.4) is 0 Å². The fourth-order valence-electron chi connectivity index (χ4n) is 1.66. The van der Waals surface area contributed by atoms with Crippen molar-refractivity contribution >= 4 is 5.91 Å². The maximum Gasteiger partial charge on any atom is 0.253 e. The van der Waals surface area contributed by atoms with Crippen molar-refractivity contribution in [1.82, 2.24) is 15.3 Å². The summed E-state index contributed by atoms with van der Waals surface area (Å²) in [4.78, 5) is 20.5. The van der Waals surface area contributed by atoms with Gasteiger partial charge < -0.3 is 10.1 Å². The summed E-state index contributed by atoms with van der Waals surface area (Å²) < 4.78 is 4.90. The highest BCUT2D eigenvalue weighted by atomic mass is 16.5. The van der Waals surface area contributed by atoms with Crippen LogP contribution >= 0.6 is 0 Å². The molecule has 0 saturated carbocycles. The first-order valence-electron chi connectivity index (χ1n) is 5.96. The van der Waals surface area contributed by atoms with Crippen LogP contribution in [-0.2, 0) is 4.74 Å². The molecule has 2 aromatic rings. The molecule has 0 aliphatic carbocycles. The third kappa shape index (κ3) is 3.35. The van der Waals surface area contributed by atoms with Crippen molar-refractivity contribution in [2.75, 3.05) is 20.3 Å². The van der Waals surface area contributed by atoms with Crippen molar-refractivity contribution in [3.05, 3.63) is 48.3 Å². The zero-order valence-corrected chi connectivity index (χ0v) is 10.7. The molecule has 0 aliphatic heterocycles. The molecule has 5 nitrogen and oxygen atoms in total. The van der Waals surface area contributed by atoms with Crippen LogP contribution in [0.2, 0.25) is 0 Å². The Morgan fingerprint density at radius 3 is 2.79 bits per heavy atom. The maximum atomic E-state index is 12.1. The summed E-state index contributed by atoms with van der Waals surface area (Å²) in [5.41, 5.74) is 1.77. The third-order valence-corrected chi connectivity index (χ3v) is 2.55. The van der Waals surface area contributed by atoms with Gasteiger partial charge in [0, 0.05) is 26.0 Å². The van der Waals surface area contributed by atoms with Crippen molar-refractivity contribution in [1.29, 1.82) is 0 Å². The Morgan fingerprint density at radius 2 is 2.05 bits per heavy atom. The Bertz CT molecular complexity index is 543. The lowest BCUT2D eigenvalue weighted by atomic mass is 10.1. The van der Waals surface area contributed by atoms with Crippen molar-refractivity contribution in [3.8, 4) is 11.4 Å². The maximum absolute atomic E-state index is 12.1. The van der Waals surface area contributed by atoms with E-state index in [1.807, 2.05) is 18.2 Å². The second-order valence-electron chi connectivity index (χ2n) is 3.86. The van der Waals surface area contributed by atoms with Gasteiger partial charge in [-0.15, -0.1) is 0 Å². The number of nitrogens with zero attached hydrogens (tertiary/aromatic N) is 2. The van der Waals surface area contributed by atoms with E-state index >= 15 is 0 Å². The predicted octanol–water partition coefficient (Wildman–Crippen LogP) is 1.52. The Labute approximate surface area is 111 Å². The van der Waals surface area contributed by atoms with Crippen molar-refractivity contribution in [2.24, 2.45) is 0 Å². The molecule has 0 spiro atoms. The van der Waals surface area contributed by atoms with Crippen LogP contribution in [0.4, 0.5) is 0 Å². The van der Waals surface area contributed by atoms with E-state index in [9.17, 15) is 4.79 Å². The zero-order chi connectivity index (χ0) is 13.5. The molecule has 0 aliphatic rings. The number of hydrogen-bond donors (Lipinski definition) is 1. The van der Waals surface area contributed by atoms with Gasteiger partial charge in [0.15, 0.2) is 0 Å². The SMILES string of the molecule is COCCNC(=O)c1cccnc1-c1ccccn1. The van der Waals surface area contributed by atoms with E-state index in [0.29, 0.717) is 30.1 Å². The molecule has 0 radical (unpaired) electrons. The molecule has 0 bridgehead atoms. The summed E-state index contributed by atoms with van der Waals surface area (Å²) in [5.74, 6) is -0.175. The lowest BCUT2D eigenvalue weighted by Crippen LogP contribution is -2.27. The van der Waals surface area contributed by atoms with Gasteiger partial charge in [-0.25, -0.2) is 0 Å². The minimum absolute atomic E-state index is 0.175. The molecule has 2 aromatic heterocycles. The Balaban J connectivity index is 2.24. The van der Waals surface area contributed by atoms with Gasteiger partial charge in [-0.05, 0) is 24.3 Å². The number of carbonyl (C=O) groups excluding carboxylic acids is 1. The van der Waals surface area contributed by atoms with E-state index in [-0.39, 0.29) is 5.91 Å². The fourth-order valence-corrected chi connectivity index (χ4v) is 1.66. The summed E-state index contributed by atoms with van der Waals surface area (Å²) in [5, 5.41) is 2.78. The van der Waals surface area contributed by atoms with Crippen LogP contribution in [0.25, 0.3) is 11.4 Å². The average Bonchev–Trinajstić information content (AvgIpc) is 2.48. The first-order valence-corrected chi connectivity index (χ1v) is 5.96. The number of pyridine rings is 2. The van der Waals surface area contributed by atoms with Crippen LogP contribution in [0, 0.1) is 0 Å². The largest absolute Gasteiger partial charge is 0.383 e. The van der Waals surface area contributed by atoms with Gasteiger partial charge in [-0.3, -0.25) is 14.8 Å². The zero-order valence-electron chi connectivity index (χ0n) is 10.7. The minimum Gasteiger partial charge on any atom is -0.383 e. The van der Waals surface area contributed by atoms with E-state index in [1.165, 1.54) is 0 Å². The highest BCUT2D eigenvalue weighted by Crippen LogP contribution is 2.18. The standard InChI is InChI=1S/C14H15N3O2/c1-19-10-9-17-14(18)11-5-4-8-16-13(11)12-6-2-3-7-15-12/h2-8H,9-10H2,1H3,(H,17,18). The lowest BCUT2D eigenvalue weighted by Gasteiger charge is -2.08. The molecule has 5 heteroatoms. The quantitative estimate of drug-likeness (QED) is 0.825. The van der Waals surface area contributed by atoms with E-state index < -0.39 is 0 Å². The summed E-state index contributed by atoms with van der Waals surface area (Å²) in [6.45, 7) is 0.941. The second kappa shape index (κ2) is 6.61. The molecule has 0 saturated heterocycles. The van der Waals surface area contributed by atoms with Gasteiger partial charge in [0.25, 0.3) is 5.91 Å². The van der Waals surface area contributed by atoms with Gasteiger partial charge in [-0.2, -0.15) is 0 Å². The number of ether oxygens (including phenoxy) is 1. The Hall–Kier alpha value is -2.27. The van der Waals surface area contributed by atoms with Gasteiger partial charge in [0.1, 0.15) is 5.69 Å². The number of carbonyl (C=O) groups is 1. The van der Waals surface area contributed by atoms with Crippen molar-refractivity contribution in [3.63, 3.8) is 0 Å². The molecule has 98 valence electrons. The molecule has 0 aromatic carbocycles. The molecule has 1 amide bonds. The summed E-state index contributed by atoms with van der Waals surface area (Å²) in [6.07, 6.45) is 3.33. The first-order chi connectivity index (χ1) is 9.33. The van der Waals surface area contributed by atoms with Crippen LogP contribution in [0.5, 0.6) is 0 Å². The molecule has 0 atom stereocenters.